The topological polar surface area (TPSA) is 88.6 Å². The van der Waals surface area contributed by atoms with E-state index in [-0.39, 0.29) is 11.7 Å². The molecule has 0 radical (unpaired) electrons. The van der Waals surface area contributed by atoms with Crippen LogP contribution in [0.5, 0.6) is 0 Å². The van der Waals surface area contributed by atoms with Gasteiger partial charge in [-0.15, -0.1) is 0 Å². The van der Waals surface area contributed by atoms with E-state index in [2.05, 4.69) is 0 Å². The van der Waals surface area contributed by atoms with Gasteiger partial charge in [0, 0.05) is 25.1 Å². The number of likely N-dealkylation sites (tertiary alicyclic amines) is 1. The molecule has 1 aromatic heterocycles. The predicted octanol–water partition coefficient (Wildman–Crippen LogP) is 1.48. The fourth-order valence-corrected chi connectivity index (χ4v) is 2.45. The van der Waals surface area contributed by atoms with Crippen molar-refractivity contribution in [3.8, 4) is 0 Å². The van der Waals surface area contributed by atoms with Crippen molar-refractivity contribution in [2.24, 2.45) is 5.84 Å². The van der Waals surface area contributed by atoms with E-state index in [1.807, 2.05) is 10.3 Å². The first-order valence-corrected chi connectivity index (χ1v) is 7.00. The SMILES string of the molecule is Cc1oc(C(=O)NN)cc1CN1CCCCCCC1=O. The van der Waals surface area contributed by atoms with Crippen LogP contribution in [0, 0.1) is 6.92 Å². The molecular formula is C14H21N3O3. The van der Waals surface area contributed by atoms with Crippen molar-refractivity contribution in [2.75, 3.05) is 6.54 Å². The summed E-state index contributed by atoms with van der Waals surface area (Å²) in [5, 5.41) is 0. The third-order valence-electron chi connectivity index (χ3n) is 3.66. The van der Waals surface area contributed by atoms with Crippen LogP contribution in [0.2, 0.25) is 0 Å². The van der Waals surface area contributed by atoms with E-state index in [9.17, 15) is 9.59 Å². The van der Waals surface area contributed by atoms with Crippen LogP contribution in [0.3, 0.4) is 0 Å². The number of hydrazine groups is 1. The van der Waals surface area contributed by atoms with Crippen molar-refractivity contribution < 1.29 is 14.0 Å². The Morgan fingerprint density at radius 3 is 2.90 bits per heavy atom. The van der Waals surface area contributed by atoms with Crippen LogP contribution in [0.4, 0.5) is 0 Å². The van der Waals surface area contributed by atoms with E-state index in [1.165, 1.54) is 0 Å². The molecule has 0 spiro atoms. The summed E-state index contributed by atoms with van der Waals surface area (Å²) in [5.41, 5.74) is 2.90. The number of nitrogens with zero attached hydrogens (tertiary/aromatic N) is 1. The van der Waals surface area contributed by atoms with E-state index < -0.39 is 5.91 Å². The van der Waals surface area contributed by atoms with Gasteiger partial charge in [0.15, 0.2) is 5.76 Å². The van der Waals surface area contributed by atoms with Crippen LogP contribution >= 0.6 is 0 Å². The number of hydrogen-bond donors (Lipinski definition) is 2. The predicted molar refractivity (Wildman–Crippen MR) is 73.6 cm³/mol. The number of nitrogen functional groups attached to an aromatic ring is 1. The zero-order valence-electron chi connectivity index (χ0n) is 11.8. The quantitative estimate of drug-likeness (QED) is 0.498. The average molecular weight is 279 g/mol. The van der Waals surface area contributed by atoms with E-state index in [0.29, 0.717) is 18.7 Å². The number of amides is 2. The van der Waals surface area contributed by atoms with Crippen LogP contribution in [0.25, 0.3) is 0 Å². The van der Waals surface area contributed by atoms with Crippen molar-refractivity contribution >= 4 is 11.8 Å². The molecule has 0 saturated carbocycles. The van der Waals surface area contributed by atoms with Gasteiger partial charge in [0.2, 0.25) is 5.91 Å². The summed E-state index contributed by atoms with van der Waals surface area (Å²) < 4.78 is 5.37. The Hall–Kier alpha value is -1.82. The molecule has 1 aromatic rings. The Labute approximate surface area is 118 Å². The lowest BCUT2D eigenvalue weighted by Gasteiger charge is -2.24. The minimum absolute atomic E-state index is 0.176. The number of rotatable bonds is 3. The van der Waals surface area contributed by atoms with Gasteiger partial charge in [0.05, 0.1) is 0 Å². The third kappa shape index (κ3) is 3.39. The van der Waals surface area contributed by atoms with Crippen molar-refractivity contribution in [1.29, 1.82) is 0 Å². The van der Waals surface area contributed by atoms with E-state index in [1.54, 1.807) is 13.0 Å². The minimum Gasteiger partial charge on any atom is -0.456 e. The average Bonchev–Trinajstić information content (AvgIpc) is 2.79. The first kappa shape index (κ1) is 14.6. The summed E-state index contributed by atoms with van der Waals surface area (Å²) in [6, 6.07) is 1.66. The maximum atomic E-state index is 12.1. The number of hydrogen-bond acceptors (Lipinski definition) is 4. The molecule has 1 aliphatic heterocycles. The van der Waals surface area contributed by atoms with E-state index in [4.69, 9.17) is 10.3 Å². The molecule has 2 amide bonds. The molecule has 0 bridgehead atoms. The van der Waals surface area contributed by atoms with Crippen molar-refractivity contribution in [3.05, 3.63) is 23.2 Å². The van der Waals surface area contributed by atoms with Gasteiger partial charge < -0.3 is 9.32 Å². The molecule has 0 unspecified atom stereocenters. The molecule has 1 aliphatic rings. The molecule has 1 saturated heterocycles. The molecule has 2 heterocycles. The summed E-state index contributed by atoms with van der Waals surface area (Å²) in [6.45, 7) is 3.05. The number of carbonyl (C=O) groups is 2. The molecule has 0 aromatic carbocycles. The Balaban J connectivity index is 2.09. The molecule has 0 aliphatic carbocycles. The standard InChI is InChI=1S/C14H21N3O3/c1-10-11(8-12(20-10)14(19)16-15)9-17-7-5-3-2-4-6-13(17)18/h8H,2-7,9,15H2,1H3,(H,16,19). The lowest BCUT2D eigenvalue weighted by Crippen LogP contribution is -2.32. The highest BCUT2D eigenvalue weighted by atomic mass is 16.4. The maximum absolute atomic E-state index is 12.1. The van der Waals surface area contributed by atoms with E-state index >= 15 is 0 Å². The molecule has 2 rings (SSSR count). The number of nitrogens with two attached hydrogens (primary N) is 1. The second kappa shape index (κ2) is 6.56. The highest BCUT2D eigenvalue weighted by molar-refractivity contribution is 5.91. The molecule has 0 atom stereocenters. The van der Waals surface area contributed by atoms with Gasteiger partial charge in [0.1, 0.15) is 5.76 Å². The molecule has 1 fully saturated rings. The maximum Gasteiger partial charge on any atom is 0.300 e. The summed E-state index contributed by atoms with van der Waals surface area (Å²) in [4.78, 5) is 25.3. The van der Waals surface area contributed by atoms with Crippen LogP contribution in [-0.4, -0.2) is 23.3 Å². The lowest BCUT2D eigenvalue weighted by atomic mass is 10.1. The van der Waals surface area contributed by atoms with Crippen molar-refractivity contribution in [2.45, 2.75) is 45.6 Å². The fraction of sp³-hybridized carbons (Fsp3) is 0.571. The number of aryl methyl sites for hydroxylation is 1. The summed E-state index contributed by atoms with van der Waals surface area (Å²) in [5.74, 6) is 5.63. The van der Waals surface area contributed by atoms with Crippen molar-refractivity contribution in [1.82, 2.24) is 10.3 Å². The largest absolute Gasteiger partial charge is 0.456 e. The van der Waals surface area contributed by atoms with Crippen LogP contribution in [0.15, 0.2) is 10.5 Å². The molecule has 110 valence electrons. The number of furan rings is 1. The lowest BCUT2D eigenvalue weighted by molar-refractivity contribution is -0.132. The Morgan fingerprint density at radius 2 is 2.15 bits per heavy atom. The minimum atomic E-state index is -0.460. The molecule has 20 heavy (non-hydrogen) atoms. The second-order valence-electron chi connectivity index (χ2n) is 5.15. The Bertz CT molecular complexity index is 496. The molecular weight excluding hydrogens is 258 g/mol. The smallest absolute Gasteiger partial charge is 0.300 e. The first-order chi connectivity index (χ1) is 9.61. The monoisotopic (exact) mass is 279 g/mol. The number of carbonyl (C=O) groups excluding carboxylic acids is 2. The molecule has 6 nitrogen and oxygen atoms in total. The number of nitrogens with one attached hydrogen (secondary N) is 1. The Morgan fingerprint density at radius 1 is 1.40 bits per heavy atom. The first-order valence-electron chi connectivity index (χ1n) is 7.00. The van der Waals surface area contributed by atoms with E-state index in [0.717, 1.165) is 37.8 Å². The van der Waals surface area contributed by atoms with Gasteiger partial charge in [-0.05, 0) is 25.8 Å². The zero-order valence-corrected chi connectivity index (χ0v) is 11.8. The highest BCUT2D eigenvalue weighted by Crippen LogP contribution is 2.19. The third-order valence-corrected chi connectivity index (χ3v) is 3.66. The normalized spacial score (nSPS) is 16.7. The van der Waals surface area contributed by atoms with Crippen molar-refractivity contribution in [3.63, 3.8) is 0 Å². The van der Waals surface area contributed by atoms with Gasteiger partial charge in [-0.2, -0.15) is 0 Å². The van der Waals surface area contributed by atoms with Gasteiger partial charge >= 0.3 is 5.91 Å². The van der Waals surface area contributed by atoms with Gasteiger partial charge in [-0.25, -0.2) is 5.84 Å². The molecule has 3 N–H and O–H groups in total. The fourth-order valence-electron chi connectivity index (χ4n) is 2.45. The summed E-state index contributed by atoms with van der Waals surface area (Å²) in [7, 11) is 0. The summed E-state index contributed by atoms with van der Waals surface area (Å²) in [6.07, 6.45) is 4.88. The van der Waals surface area contributed by atoms with Gasteiger partial charge in [-0.1, -0.05) is 12.8 Å². The van der Waals surface area contributed by atoms with Gasteiger partial charge in [0.25, 0.3) is 0 Å². The van der Waals surface area contributed by atoms with Gasteiger partial charge in [-0.3, -0.25) is 15.0 Å². The van der Waals surface area contributed by atoms with Crippen LogP contribution < -0.4 is 11.3 Å². The second-order valence-corrected chi connectivity index (χ2v) is 5.15. The zero-order chi connectivity index (χ0) is 14.5. The Kier molecular flexibility index (Phi) is 4.79. The highest BCUT2D eigenvalue weighted by Gasteiger charge is 2.19. The summed E-state index contributed by atoms with van der Waals surface area (Å²) >= 11 is 0. The van der Waals surface area contributed by atoms with Crippen LogP contribution in [0.1, 0.15) is 54.0 Å². The van der Waals surface area contributed by atoms with Crippen LogP contribution in [-0.2, 0) is 11.3 Å². The molecule has 6 heteroatoms.